The SMILES string of the molecule is NC(=O)C(N)CC[C@H](Nc1ccc(CO)cc1)C(N)=O. The standard InChI is InChI=1S/C13H20N4O3/c14-10(12(15)19)5-6-11(13(16)20)17-9-3-1-8(7-18)2-4-9/h1-4,10-11,17-18H,5-7,14H2,(H2,15,19)(H2,16,20)/t10?,11-/m0/s1. The van der Waals surface area contributed by atoms with E-state index in [-0.39, 0.29) is 13.0 Å². The van der Waals surface area contributed by atoms with Crippen molar-refractivity contribution in [3.8, 4) is 0 Å². The Bertz CT molecular complexity index is 461. The molecule has 0 aliphatic heterocycles. The van der Waals surface area contributed by atoms with Gasteiger partial charge >= 0.3 is 0 Å². The fraction of sp³-hybridized carbons (Fsp3) is 0.385. The summed E-state index contributed by atoms with van der Waals surface area (Å²) in [5.74, 6) is -1.14. The molecular weight excluding hydrogens is 260 g/mol. The van der Waals surface area contributed by atoms with E-state index in [1.165, 1.54) is 0 Å². The molecular formula is C13H20N4O3. The predicted molar refractivity (Wildman–Crippen MR) is 75.4 cm³/mol. The second-order valence-electron chi connectivity index (χ2n) is 4.54. The lowest BCUT2D eigenvalue weighted by Crippen LogP contribution is -2.40. The number of primary amides is 2. The van der Waals surface area contributed by atoms with Gasteiger partial charge in [-0.15, -0.1) is 0 Å². The first kappa shape index (κ1) is 15.9. The monoisotopic (exact) mass is 280 g/mol. The minimum Gasteiger partial charge on any atom is -0.392 e. The molecule has 0 saturated heterocycles. The number of carbonyl (C=O) groups excluding carboxylic acids is 2. The molecule has 0 aliphatic carbocycles. The van der Waals surface area contributed by atoms with E-state index in [1.54, 1.807) is 24.3 Å². The van der Waals surface area contributed by atoms with Crippen molar-refractivity contribution >= 4 is 17.5 Å². The summed E-state index contributed by atoms with van der Waals surface area (Å²) in [6, 6.07) is 5.49. The molecule has 7 nitrogen and oxygen atoms in total. The number of benzene rings is 1. The van der Waals surface area contributed by atoms with Crippen LogP contribution in [0.2, 0.25) is 0 Å². The van der Waals surface area contributed by atoms with E-state index >= 15 is 0 Å². The zero-order chi connectivity index (χ0) is 15.1. The molecule has 1 unspecified atom stereocenters. The molecule has 0 fully saturated rings. The smallest absolute Gasteiger partial charge is 0.239 e. The highest BCUT2D eigenvalue weighted by molar-refractivity contribution is 5.83. The molecule has 0 saturated carbocycles. The normalized spacial score (nSPS) is 13.5. The lowest BCUT2D eigenvalue weighted by Gasteiger charge is -2.18. The summed E-state index contributed by atoms with van der Waals surface area (Å²) in [5.41, 5.74) is 17.3. The van der Waals surface area contributed by atoms with Gasteiger partial charge in [0.25, 0.3) is 0 Å². The first-order chi connectivity index (χ1) is 9.43. The van der Waals surface area contributed by atoms with Crippen LogP contribution in [0.4, 0.5) is 5.69 Å². The third-order valence-corrected chi connectivity index (χ3v) is 2.95. The molecule has 1 rings (SSSR count). The van der Waals surface area contributed by atoms with Crippen LogP contribution in [0.3, 0.4) is 0 Å². The van der Waals surface area contributed by atoms with Gasteiger partial charge in [-0.1, -0.05) is 12.1 Å². The summed E-state index contributed by atoms with van der Waals surface area (Å²) in [5, 5.41) is 11.9. The van der Waals surface area contributed by atoms with Gasteiger partial charge in [0.15, 0.2) is 0 Å². The van der Waals surface area contributed by atoms with E-state index in [2.05, 4.69) is 5.32 Å². The third kappa shape index (κ3) is 4.87. The molecule has 0 radical (unpaired) electrons. The van der Waals surface area contributed by atoms with Gasteiger partial charge in [0, 0.05) is 5.69 Å². The Morgan fingerprint density at radius 1 is 1.10 bits per heavy atom. The second kappa shape index (κ2) is 7.46. The fourth-order valence-corrected chi connectivity index (χ4v) is 1.68. The summed E-state index contributed by atoms with van der Waals surface area (Å²) in [6.07, 6.45) is 0.575. The highest BCUT2D eigenvalue weighted by Crippen LogP contribution is 2.13. The van der Waals surface area contributed by atoms with Crippen molar-refractivity contribution < 1.29 is 14.7 Å². The van der Waals surface area contributed by atoms with Gasteiger partial charge in [-0.05, 0) is 30.5 Å². The van der Waals surface area contributed by atoms with Crippen LogP contribution in [0.1, 0.15) is 18.4 Å². The molecule has 2 atom stereocenters. The number of aliphatic hydroxyl groups is 1. The van der Waals surface area contributed by atoms with E-state index in [0.29, 0.717) is 12.1 Å². The first-order valence-corrected chi connectivity index (χ1v) is 6.24. The maximum Gasteiger partial charge on any atom is 0.239 e. The Balaban J connectivity index is 2.62. The van der Waals surface area contributed by atoms with E-state index in [1.807, 2.05) is 0 Å². The van der Waals surface area contributed by atoms with E-state index in [9.17, 15) is 9.59 Å². The quantitative estimate of drug-likeness (QED) is 0.416. The molecule has 1 aromatic rings. The lowest BCUT2D eigenvalue weighted by molar-refractivity contribution is -0.121. The minimum absolute atomic E-state index is 0.0486. The summed E-state index contributed by atoms with van der Waals surface area (Å²) in [4.78, 5) is 22.2. The highest BCUT2D eigenvalue weighted by Gasteiger charge is 2.18. The maximum atomic E-state index is 11.4. The van der Waals surface area contributed by atoms with Gasteiger partial charge in [0.2, 0.25) is 11.8 Å². The van der Waals surface area contributed by atoms with Crippen molar-refractivity contribution in [2.24, 2.45) is 17.2 Å². The average Bonchev–Trinajstić information content (AvgIpc) is 2.43. The minimum atomic E-state index is -0.796. The number of aliphatic hydroxyl groups excluding tert-OH is 1. The Morgan fingerprint density at radius 2 is 1.70 bits per heavy atom. The average molecular weight is 280 g/mol. The van der Waals surface area contributed by atoms with Crippen LogP contribution in [0.15, 0.2) is 24.3 Å². The van der Waals surface area contributed by atoms with Gasteiger partial charge in [0.05, 0.1) is 12.6 Å². The molecule has 0 aliphatic rings. The molecule has 0 aromatic heterocycles. The van der Waals surface area contributed by atoms with Crippen molar-refractivity contribution in [2.75, 3.05) is 5.32 Å². The molecule has 1 aromatic carbocycles. The molecule has 0 heterocycles. The summed E-state index contributed by atoms with van der Waals surface area (Å²) >= 11 is 0. The maximum absolute atomic E-state index is 11.4. The molecule has 0 bridgehead atoms. The van der Waals surface area contributed by atoms with E-state index in [0.717, 1.165) is 5.56 Å². The Labute approximate surface area is 117 Å². The van der Waals surface area contributed by atoms with Crippen LogP contribution in [-0.4, -0.2) is 29.0 Å². The molecule has 110 valence electrons. The number of amides is 2. The fourth-order valence-electron chi connectivity index (χ4n) is 1.68. The Hall–Kier alpha value is -2.12. The summed E-state index contributed by atoms with van der Waals surface area (Å²) in [6.45, 7) is -0.0486. The number of hydrogen-bond donors (Lipinski definition) is 5. The van der Waals surface area contributed by atoms with Crippen LogP contribution in [-0.2, 0) is 16.2 Å². The number of nitrogens with one attached hydrogen (secondary N) is 1. The zero-order valence-corrected chi connectivity index (χ0v) is 11.1. The van der Waals surface area contributed by atoms with E-state index < -0.39 is 23.9 Å². The Morgan fingerprint density at radius 3 is 2.15 bits per heavy atom. The number of carbonyl (C=O) groups is 2. The van der Waals surface area contributed by atoms with Crippen molar-refractivity contribution in [3.05, 3.63) is 29.8 Å². The van der Waals surface area contributed by atoms with Crippen molar-refractivity contribution in [1.29, 1.82) is 0 Å². The molecule has 7 heteroatoms. The molecule has 20 heavy (non-hydrogen) atoms. The predicted octanol–water partition coefficient (Wildman–Crippen LogP) is -0.962. The van der Waals surface area contributed by atoms with Crippen LogP contribution < -0.4 is 22.5 Å². The summed E-state index contributed by atoms with van der Waals surface area (Å²) in [7, 11) is 0. The topological polar surface area (TPSA) is 144 Å². The van der Waals surface area contributed by atoms with Gasteiger partial charge in [-0.3, -0.25) is 9.59 Å². The second-order valence-corrected chi connectivity index (χ2v) is 4.54. The van der Waals surface area contributed by atoms with Crippen molar-refractivity contribution in [1.82, 2.24) is 0 Å². The highest BCUT2D eigenvalue weighted by atomic mass is 16.3. The van der Waals surface area contributed by atoms with Crippen molar-refractivity contribution in [3.63, 3.8) is 0 Å². The van der Waals surface area contributed by atoms with Crippen LogP contribution in [0.25, 0.3) is 0 Å². The molecule has 2 amide bonds. The van der Waals surface area contributed by atoms with Crippen LogP contribution in [0.5, 0.6) is 0 Å². The molecule has 8 N–H and O–H groups in total. The van der Waals surface area contributed by atoms with E-state index in [4.69, 9.17) is 22.3 Å². The van der Waals surface area contributed by atoms with Crippen molar-refractivity contribution in [2.45, 2.75) is 31.5 Å². The van der Waals surface area contributed by atoms with Crippen LogP contribution >= 0.6 is 0 Å². The van der Waals surface area contributed by atoms with Gasteiger partial charge < -0.3 is 27.6 Å². The van der Waals surface area contributed by atoms with Gasteiger partial charge in [-0.25, -0.2) is 0 Å². The van der Waals surface area contributed by atoms with Gasteiger partial charge in [0.1, 0.15) is 6.04 Å². The molecule has 0 spiro atoms. The first-order valence-electron chi connectivity index (χ1n) is 6.24. The summed E-state index contributed by atoms with van der Waals surface area (Å²) < 4.78 is 0. The number of hydrogen-bond acceptors (Lipinski definition) is 5. The van der Waals surface area contributed by atoms with Crippen LogP contribution in [0, 0.1) is 0 Å². The number of rotatable bonds is 8. The largest absolute Gasteiger partial charge is 0.392 e. The lowest BCUT2D eigenvalue weighted by atomic mass is 10.1. The Kier molecular flexibility index (Phi) is 5.95. The zero-order valence-electron chi connectivity index (χ0n) is 11.1. The number of nitrogens with two attached hydrogens (primary N) is 3. The third-order valence-electron chi connectivity index (χ3n) is 2.95. The van der Waals surface area contributed by atoms with Gasteiger partial charge in [-0.2, -0.15) is 0 Å². The number of anilines is 1.